The summed E-state index contributed by atoms with van der Waals surface area (Å²) in [5, 5.41) is 9.67. The quantitative estimate of drug-likeness (QED) is 0.853. The molecule has 1 aliphatic carbocycles. The van der Waals surface area contributed by atoms with Crippen LogP contribution in [0.3, 0.4) is 0 Å². The van der Waals surface area contributed by atoms with Gasteiger partial charge >= 0.3 is 5.69 Å². The number of nitrogens with one attached hydrogen (secondary N) is 2. The summed E-state index contributed by atoms with van der Waals surface area (Å²) in [6.45, 7) is 5.46. The van der Waals surface area contributed by atoms with Crippen molar-refractivity contribution in [2.45, 2.75) is 26.7 Å². The van der Waals surface area contributed by atoms with Crippen molar-refractivity contribution in [3.63, 3.8) is 0 Å². The summed E-state index contributed by atoms with van der Waals surface area (Å²) in [5.41, 5.74) is 0.760. The monoisotopic (exact) mass is 247 g/mol. The fourth-order valence-electron chi connectivity index (χ4n) is 2.29. The molecule has 1 aliphatic rings. The maximum absolute atomic E-state index is 11.3. The number of aromatic amines is 1. The van der Waals surface area contributed by atoms with Crippen LogP contribution in [0.2, 0.25) is 0 Å². The van der Waals surface area contributed by atoms with Gasteiger partial charge in [0.15, 0.2) is 5.65 Å². The molecule has 6 nitrogen and oxygen atoms in total. The van der Waals surface area contributed by atoms with Gasteiger partial charge in [-0.3, -0.25) is 0 Å². The Hall–Kier alpha value is -1.85. The van der Waals surface area contributed by atoms with Gasteiger partial charge in [0, 0.05) is 12.6 Å². The van der Waals surface area contributed by atoms with Gasteiger partial charge in [0.05, 0.1) is 0 Å². The second-order valence-corrected chi connectivity index (χ2v) is 5.40. The summed E-state index contributed by atoms with van der Waals surface area (Å²) in [6, 6.07) is 1.79. The van der Waals surface area contributed by atoms with E-state index in [1.807, 2.05) is 0 Å². The lowest BCUT2D eigenvalue weighted by molar-refractivity contribution is 0.380. The first kappa shape index (κ1) is 11.3. The lowest BCUT2D eigenvalue weighted by Gasteiger charge is -2.20. The molecule has 2 aromatic heterocycles. The van der Waals surface area contributed by atoms with E-state index in [1.165, 1.54) is 23.6 Å². The first-order valence-corrected chi connectivity index (χ1v) is 6.27. The Kier molecular flexibility index (Phi) is 2.39. The van der Waals surface area contributed by atoms with Crippen molar-refractivity contribution >= 4 is 11.5 Å². The topological polar surface area (TPSA) is 75.1 Å². The van der Waals surface area contributed by atoms with E-state index in [2.05, 4.69) is 34.3 Å². The maximum Gasteiger partial charge on any atom is 0.348 e. The van der Waals surface area contributed by atoms with Crippen LogP contribution in [0.4, 0.5) is 5.82 Å². The van der Waals surface area contributed by atoms with Crippen LogP contribution in [0.15, 0.2) is 17.2 Å². The minimum Gasteiger partial charge on any atom is -0.369 e. The standard InChI is InChI=1S/C12H17N5O/c1-8(2)12(3-4-12)6-13-9-5-10-15-16-11(18)17(10)7-14-9/h5,7-8,13H,3-4,6H2,1-2H3,(H,16,18). The number of fused-ring (bicyclic) bond motifs is 1. The third-order valence-corrected chi connectivity index (χ3v) is 4.05. The molecule has 0 bridgehead atoms. The first-order valence-electron chi connectivity index (χ1n) is 6.27. The van der Waals surface area contributed by atoms with Crippen LogP contribution in [-0.2, 0) is 0 Å². The molecule has 0 radical (unpaired) electrons. The van der Waals surface area contributed by atoms with Gasteiger partial charge in [0.25, 0.3) is 0 Å². The third-order valence-electron chi connectivity index (χ3n) is 4.05. The summed E-state index contributed by atoms with van der Waals surface area (Å²) >= 11 is 0. The largest absolute Gasteiger partial charge is 0.369 e. The molecule has 6 heteroatoms. The highest BCUT2D eigenvalue weighted by atomic mass is 16.1. The van der Waals surface area contributed by atoms with E-state index in [0.29, 0.717) is 17.0 Å². The van der Waals surface area contributed by atoms with E-state index in [1.54, 1.807) is 6.07 Å². The second kappa shape index (κ2) is 3.83. The van der Waals surface area contributed by atoms with Gasteiger partial charge in [-0.05, 0) is 24.2 Å². The van der Waals surface area contributed by atoms with Gasteiger partial charge in [-0.2, -0.15) is 5.10 Å². The zero-order chi connectivity index (χ0) is 12.8. The van der Waals surface area contributed by atoms with Crippen LogP contribution in [0.5, 0.6) is 0 Å². The molecule has 0 saturated heterocycles. The highest BCUT2D eigenvalue weighted by Crippen LogP contribution is 2.51. The van der Waals surface area contributed by atoms with E-state index in [0.717, 1.165) is 12.4 Å². The summed E-state index contributed by atoms with van der Waals surface area (Å²) in [4.78, 5) is 15.5. The molecule has 0 amide bonds. The summed E-state index contributed by atoms with van der Waals surface area (Å²) < 4.78 is 1.39. The van der Waals surface area contributed by atoms with Crippen molar-refractivity contribution in [3.05, 3.63) is 22.9 Å². The highest BCUT2D eigenvalue weighted by Gasteiger charge is 2.44. The van der Waals surface area contributed by atoms with Gasteiger partial charge in [-0.1, -0.05) is 13.8 Å². The van der Waals surface area contributed by atoms with Gasteiger partial charge in [-0.15, -0.1) is 0 Å². The molecule has 2 aromatic rings. The van der Waals surface area contributed by atoms with Crippen LogP contribution < -0.4 is 11.0 Å². The van der Waals surface area contributed by atoms with E-state index in [4.69, 9.17) is 0 Å². The first-order chi connectivity index (χ1) is 8.61. The minimum atomic E-state index is -0.259. The van der Waals surface area contributed by atoms with Crippen molar-refractivity contribution in [2.75, 3.05) is 11.9 Å². The number of rotatable bonds is 4. The zero-order valence-electron chi connectivity index (χ0n) is 10.6. The fourth-order valence-corrected chi connectivity index (χ4v) is 2.29. The maximum atomic E-state index is 11.3. The Balaban J connectivity index is 1.77. The molecule has 2 N–H and O–H groups in total. The fraction of sp³-hybridized carbons (Fsp3) is 0.583. The molecule has 3 rings (SSSR count). The smallest absolute Gasteiger partial charge is 0.348 e. The Morgan fingerprint density at radius 1 is 1.56 bits per heavy atom. The minimum absolute atomic E-state index is 0.259. The van der Waals surface area contributed by atoms with E-state index in [9.17, 15) is 4.79 Å². The Labute approximate surface area is 104 Å². The summed E-state index contributed by atoms with van der Waals surface area (Å²) in [7, 11) is 0. The molecule has 1 fully saturated rings. The number of nitrogens with zero attached hydrogens (tertiary/aromatic N) is 3. The number of aromatic nitrogens is 4. The molecule has 96 valence electrons. The molecule has 0 aromatic carbocycles. The van der Waals surface area contributed by atoms with Crippen LogP contribution in [0.25, 0.3) is 5.65 Å². The van der Waals surface area contributed by atoms with Crippen molar-refractivity contribution in [1.82, 2.24) is 19.6 Å². The Bertz CT molecular complexity index is 623. The average molecular weight is 247 g/mol. The molecule has 0 unspecified atom stereocenters. The molecule has 18 heavy (non-hydrogen) atoms. The molecule has 2 heterocycles. The lowest BCUT2D eigenvalue weighted by atomic mass is 9.92. The number of hydrogen-bond donors (Lipinski definition) is 2. The van der Waals surface area contributed by atoms with Gasteiger partial charge < -0.3 is 5.32 Å². The van der Waals surface area contributed by atoms with Crippen molar-refractivity contribution in [3.8, 4) is 0 Å². The molecule has 0 atom stereocenters. The van der Waals surface area contributed by atoms with Gasteiger partial charge in [0.1, 0.15) is 12.1 Å². The Morgan fingerprint density at radius 2 is 2.33 bits per heavy atom. The van der Waals surface area contributed by atoms with Crippen molar-refractivity contribution < 1.29 is 0 Å². The number of anilines is 1. The lowest BCUT2D eigenvalue weighted by Crippen LogP contribution is -2.21. The van der Waals surface area contributed by atoms with Crippen LogP contribution in [-0.4, -0.2) is 26.1 Å². The van der Waals surface area contributed by atoms with Crippen LogP contribution in [0.1, 0.15) is 26.7 Å². The van der Waals surface area contributed by atoms with Gasteiger partial charge in [-0.25, -0.2) is 19.3 Å². The summed E-state index contributed by atoms with van der Waals surface area (Å²) in [5.74, 6) is 1.45. The Morgan fingerprint density at radius 3 is 3.00 bits per heavy atom. The van der Waals surface area contributed by atoms with Crippen molar-refractivity contribution in [2.24, 2.45) is 11.3 Å². The number of H-pyrrole nitrogens is 1. The molecular weight excluding hydrogens is 230 g/mol. The van der Waals surface area contributed by atoms with E-state index < -0.39 is 0 Å². The van der Waals surface area contributed by atoms with Crippen LogP contribution in [0, 0.1) is 11.3 Å². The molecular formula is C12H17N5O. The number of hydrogen-bond acceptors (Lipinski definition) is 4. The van der Waals surface area contributed by atoms with Gasteiger partial charge in [0.2, 0.25) is 0 Å². The average Bonchev–Trinajstić information content (AvgIpc) is 3.07. The molecule has 0 aliphatic heterocycles. The van der Waals surface area contributed by atoms with E-state index in [-0.39, 0.29) is 5.69 Å². The van der Waals surface area contributed by atoms with Crippen LogP contribution >= 0.6 is 0 Å². The predicted molar refractivity (Wildman–Crippen MR) is 68.6 cm³/mol. The zero-order valence-corrected chi connectivity index (χ0v) is 10.6. The SMILES string of the molecule is CC(C)C1(CNc2cc3n[nH]c(=O)n3cn2)CC1. The molecule has 1 saturated carbocycles. The van der Waals surface area contributed by atoms with Crippen molar-refractivity contribution in [1.29, 1.82) is 0 Å². The molecule has 0 spiro atoms. The highest BCUT2D eigenvalue weighted by molar-refractivity contribution is 5.48. The van der Waals surface area contributed by atoms with E-state index >= 15 is 0 Å². The summed E-state index contributed by atoms with van der Waals surface area (Å²) in [6.07, 6.45) is 4.06. The second-order valence-electron chi connectivity index (χ2n) is 5.40. The normalized spacial score (nSPS) is 17.3. The third kappa shape index (κ3) is 1.77. The predicted octanol–water partition coefficient (Wildman–Crippen LogP) is 1.27.